The molecule has 0 unspecified atom stereocenters. The molecule has 1 heterocycles. The number of hydrogen-bond acceptors (Lipinski definition) is 2. The van der Waals surface area contributed by atoms with Gasteiger partial charge in [-0.1, -0.05) is 0 Å². The summed E-state index contributed by atoms with van der Waals surface area (Å²) in [6.45, 7) is 0. The van der Waals surface area contributed by atoms with Crippen molar-refractivity contribution < 1.29 is 9.18 Å². The van der Waals surface area contributed by atoms with Crippen molar-refractivity contribution in [3.8, 4) is 5.69 Å². The lowest BCUT2D eigenvalue weighted by molar-refractivity contribution is -0.113. The van der Waals surface area contributed by atoms with Crippen LogP contribution in [0.15, 0.2) is 36.5 Å². The second-order valence-electron chi connectivity index (χ2n) is 3.30. The van der Waals surface area contributed by atoms with Gasteiger partial charge in [0.1, 0.15) is 11.7 Å². The fourth-order valence-electron chi connectivity index (χ4n) is 1.30. The van der Waals surface area contributed by atoms with Gasteiger partial charge in [-0.2, -0.15) is 5.10 Å². The van der Waals surface area contributed by atoms with Crippen molar-refractivity contribution in [2.75, 3.05) is 11.2 Å². The Hall–Kier alpha value is -1.88. The Morgan fingerprint density at radius 1 is 1.35 bits per heavy atom. The molecule has 88 valence electrons. The monoisotopic (exact) mass is 253 g/mol. The van der Waals surface area contributed by atoms with Crippen LogP contribution in [0.4, 0.5) is 10.2 Å². The van der Waals surface area contributed by atoms with Gasteiger partial charge in [-0.05, 0) is 24.3 Å². The quantitative estimate of drug-likeness (QED) is 0.853. The van der Waals surface area contributed by atoms with Crippen LogP contribution in [0.1, 0.15) is 0 Å². The molecule has 0 atom stereocenters. The van der Waals surface area contributed by atoms with E-state index in [-0.39, 0.29) is 17.6 Å². The standard InChI is InChI=1S/C11H9ClFN3O/c12-7-11(17)14-10-5-6-16(15-10)9-3-1-8(13)2-4-9/h1-6H,7H2,(H,14,15,17). The van der Waals surface area contributed by atoms with Crippen LogP contribution in [0.5, 0.6) is 0 Å². The SMILES string of the molecule is O=C(CCl)Nc1ccn(-c2ccc(F)cc2)n1. The molecule has 4 nitrogen and oxygen atoms in total. The predicted molar refractivity (Wildman–Crippen MR) is 62.9 cm³/mol. The number of carbonyl (C=O) groups is 1. The van der Waals surface area contributed by atoms with Crippen LogP contribution in [0.3, 0.4) is 0 Å². The first kappa shape index (κ1) is 11.6. The molecule has 0 bridgehead atoms. The molecule has 0 aliphatic rings. The van der Waals surface area contributed by atoms with Crippen molar-refractivity contribution in [3.63, 3.8) is 0 Å². The molecule has 0 radical (unpaired) electrons. The number of amides is 1. The number of benzene rings is 1. The number of halogens is 2. The third-order valence-electron chi connectivity index (χ3n) is 2.07. The molecule has 2 aromatic rings. The van der Waals surface area contributed by atoms with Gasteiger partial charge < -0.3 is 5.32 Å². The maximum absolute atomic E-state index is 12.7. The van der Waals surface area contributed by atoms with Gasteiger partial charge in [0, 0.05) is 12.3 Å². The highest BCUT2D eigenvalue weighted by Gasteiger charge is 2.04. The zero-order valence-corrected chi connectivity index (χ0v) is 9.49. The van der Waals surface area contributed by atoms with E-state index in [9.17, 15) is 9.18 Å². The number of nitrogens with one attached hydrogen (secondary N) is 1. The fourth-order valence-corrected chi connectivity index (χ4v) is 1.37. The summed E-state index contributed by atoms with van der Waals surface area (Å²) in [5.74, 6) is -0.351. The lowest BCUT2D eigenvalue weighted by Gasteiger charge is -2.01. The number of nitrogens with zero attached hydrogens (tertiary/aromatic N) is 2. The molecule has 6 heteroatoms. The molecule has 0 saturated carbocycles. The molecule has 0 spiro atoms. The van der Waals surface area contributed by atoms with Crippen LogP contribution in [-0.2, 0) is 4.79 Å². The molecule has 2 rings (SSSR count). The van der Waals surface area contributed by atoms with Crippen molar-refractivity contribution in [2.45, 2.75) is 0 Å². The van der Waals surface area contributed by atoms with Crippen molar-refractivity contribution >= 4 is 23.3 Å². The topological polar surface area (TPSA) is 46.9 Å². The van der Waals surface area contributed by atoms with E-state index < -0.39 is 0 Å². The summed E-state index contributed by atoms with van der Waals surface area (Å²) in [5, 5.41) is 6.62. The molecular weight excluding hydrogens is 245 g/mol. The zero-order chi connectivity index (χ0) is 12.3. The van der Waals surface area contributed by atoms with Crippen LogP contribution in [0.2, 0.25) is 0 Å². The van der Waals surface area contributed by atoms with E-state index in [4.69, 9.17) is 11.6 Å². The summed E-state index contributed by atoms with van der Waals surface area (Å²) in [7, 11) is 0. The van der Waals surface area contributed by atoms with Crippen LogP contribution >= 0.6 is 11.6 Å². The predicted octanol–water partition coefficient (Wildman–Crippen LogP) is 2.19. The maximum atomic E-state index is 12.7. The van der Waals surface area contributed by atoms with E-state index in [2.05, 4.69) is 10.4 Å². The fraction of sp³-hybridized carbons (Fsp3) is 0.0909. The molecule has 1 aromatic heterocycles. The summed E-state index contributed by atoms with van der Waals surface area (Å²) in [4.78, 5) is 11.0. The molecule has 0 fully saturated rings. The lowest BCUT2D eigenvalue weighted by atomic mass is 10.3. The maximum Gasteiger partial charge on any atom is 0.240 e. The summed E-state index contributed by atoms with van der Waals surface area (Å²) in [6.07, 6.45) is 1.66. The zero-order valence-electron chi connectivity index (χ0n) is 8.73. The first-order valence-electron chi connectivity index (χ1n) is 4.86. The van der Waals surface area contributed by atoms with E-state index in [1.54, 1.807) is 24.4 Å². The highest BCUT2D eigenvalue weighted by atomic mass is 35.5. The smallest absolute Gasteiger partial charge is 0.240 e. The molecule has 17 heavy (non-hydrogen) atoms. The Labute approximate surface area is 102 Å². The first-order chi connectivity index (χ1) is 8.19. The first-order valence-corrected chi connectivity index (χ1v) is 5.40. The molecule has 1 N–H and O–H groups in total. The highest BCUT2D eigenvalue weighted by molar-refractivity contribution is 6.28. The second-order valence-corrected chi connectivity index (χ2v) is 3.57. The minimum absolute atomic E-state index is 0.122. The Bertz CT molecular complexity index is 524. The van der Waals surface area contributed by atoms with Crippen LogP contribution in [-0.4, -0.2) is 21.6 Å². The second kappa shape index (κ2) is 4.97. The van der Waals surface area contributed by atoms with Gasteiger partial charge in [-0.3, -0.25) is 4.79 Å². The van der Waals surface area contributed by atoms with Crippen LogP contribution in [0.25, 0.3) is 5.69 Å². The average Bonchev–Trinajstić information content (AvgIpc) is 2.78. The number of rotatable bonds is 3. The van der Waals surface area contributed by atoms with Gasteiger partial charge in [0.05, 0.1) is 5.69 Å². The lowest BCUT2D eigenvalue weighted by Crippen LogP contribution is -2.13. The largest absolute Gasteiger partial charge is 0.308 e. The molecule has 1 aromatic carbocycles. The minimum Gasteiger partial charge on any atom is -0.308 e. The summed E-state index contributed by atoms with van der Waals surface area (Å²) < 4.78 is 14.3. The molecule has 0 saturated heterocycles. The Kier molecular flexibility index (Phi) is 3.39. The third kappa shape index (κ3) is 2.82. The van der Waals surface area contributed by atoms with Gasteiger partial charge in [0.25, 0.3) is 0 Å². The Morgan fingerprint density at radius 2 is 2.06 bits per heavy atom. The Morgan fingerprint density at radius 3 is 2.71 bits per heavy atom. The van der Waals surface area contributed by atoms with Crippen molar-refractivity contribution in [1.29, 1.82) is 0 Å². The van der Waals surface area contributed by atoms with Crippen LogP contribution < -0.4 is 5.32 Å². The van der Waals surface area contributed by atoms with Gasteiger partial charge >= 0.3 is 0 Å². The third-order valence-corrected chi connectivity index (χ3v) is 2.31. The average molecular weight is 254 g/mol. The Balaban J connectivity index is 2.18. The molecule has 0 aliphatic heterocycles. The molecule has 0 aliphatic carbocycles. The van der Waals surface area contributed by atoms with E-state index in [1.807, 2.05) is 0 Å². The van der Waals surface area contributed by atoms with Crippen molar-refractivity contribution in [1.82, 2.24) is 9.78 Å². The van der Waals surface area contributed by atoms with E-state index in [1.165, 1.54) is 16.8 Å². The van der Waals surface area contributed by atoms with E-state index in [0.29, 0.717) is 11.5 Å². The normalized spacial score (nSPS) is 10.2. The summed E-state index contributed by atoms with van der Waals surface area (Å²) in [5.41, 5.74) is 0.706. The number of alkyl halides is 1. The number of carbonyl (C=O) groups excluding carboxylic acids is 1. The molecule has 1 amide bonds. The minimum atomic E-state index is -0.323. The van der Waals surface area contributed by atoms with E-state index >= 15 is 0 Å². The van der Waals surface area contributed by atoms with Crippen molar-refractivity contribution in [2.24, 2.45) is 0 Å². The van der Waals surface area contributed by atoms with Gasteiger partial charge in [-0.25, -0.2) is 9.07 Å². The van der Waals surface area contributed by atoms with Gasteiger partial charge in [-0.15, -0.1) is 11.6 Å². The summed E-state index contributed by atoms with van der Waals surface area (Å²) in [6, 6.07) is 7.50. The van der Waals surface area contributed by atoms with E-state index in [0.717, 1.165) is 0 Å². The summed E-state index contributed by atoms with van der Waals surface area (Å²) >= 11 is 5.35. The number of anilines is 1. The van der Waals surface area contributed by atoms with Crippen LogP contribution in [0, 0.1) is 5.82 Å². The highest BCUT2D eigenvalue weighted by Crippen LogP contribution is 2.11. The van der Waals surface area contributed by atoms with Crippen molar-refractivity contribution in [3.05, 3.63) is 42.3 Å². The molecular formula is C11H9ClFN3O. The van der Waals surface area contributed by atoms with Gasteiger partial charge in [0.15, 0.2) is 5.82 Å². The number of hydrogen-bond donors (Lipinski definition) is 1. The number of aromatic nitrogens is 2. The van der Waals surface area contributed by atoms with Gasteiger partial charge in [0.2, 0.25) is 5.91 Å².